The van der Waals surface area contributed by atoms with E-state index in [9.17, 15) is 8.42 Å². The number of anilines is 1. The maximum Gasteiger partial charge on any atom is 0.163 e. The minimum atomic E-state index is -2.89. The van der Waals surface area contributed by atoms with E-state index in [1.54, 1.807) is 6.07 Å². The molecule has 0 bridgehead atoms. The topological polar surface area (TPSA) is 81.9 Å². The molecule has 1 aromatic rings. The van der Waals surface area contributed by atoms with Crippen molar-refractivity contribution in [1.29, 1.82) is 0 Å². The van der Waals surface area contributed by atoms with Crippen LogP contribution >= 0.6 is 0 Å². The Hall–Kier alpha value is -1.47. The van der Waals surface area contributed by atoms with Crippen molar-refractivity contribution in [3.8, 4) is 11.5 Å². The number of nitrogen functional groups attached to an aromatic ring is 1. The van der Waals surface area contributed by atoms with Gasteiger partial charge in [0.25, 0.3) is 0 Å². The lowest BCUT2D eigenvalue weighted by atomic mass is 10.1. The Morgan fingerprint density at radius 1 is 1.10 bits per heavy atom. The van der Waals surface area contributed by atoms with Gasteiger partial charge in [-0.05, 0) is 24.6 Å². The van der Waals surface area contributed by atoms with Gasteiger partial charge in [-0.15, -0.1) is 0 Å². The van der Waals surface area contributed by atoms with Crippen LogP contribution in [-0.2, 0) is 16.4 Å². The molecular formula is C14H20N2O4S. The van der Waals surface area contributed by atoms with Crippen LogP contribution in [0.5, 0.6) is 11.5 Å². The van der Waals surface area contributed by atoms with Gasteiger partial charge in [-0.1, -0.05) is 0 Å². The number of benzene rings is 1. The Morgan fingerprint density at radius 3 is 2.57 bits per heavy atom. The van der Waals surface area contributed by atoms with Crippen LogP contribution in [0.25, 0.3) is 0 Å². The van der Waals surface area contributed by atoms with Gasteiger partial charge in [0, 0.05) is 24.8 Å². The van der Waals surface area contributed by atoms with Crippen molar-refractivity contribution >= 4 is 15.5 Å². The first-order valence-corrected chi connectivity index (χ1v) is 8.96. The van der Waals surface area contributed by atoms with Gasteiger partial charge in [0.1, 0.15) is 13.2 Å². The van der Waals surface area contributed by atoms with Crippen molar-refractivity contribution in [3.05, 3.63) is 17.7 Å². The lowest BCUT2D eigenvalue weighted by Gasteiger charge is -2.23. The van der Waals surface area contributed by atoms with E-state index in [-0.39, 0.29) is 11.5 Å². The number of hydrogen-bond donors (Lipinski definition) is 1. The van der Waals surface area contributed by atoms with Gasteiger partial charge < -0.3 is 15.2 Å². The van der Waals surface area contributed by atoms with Crippen molar-refractivity contribution in [2.75, 3.05) is 43.5 Å². The van der Waals surface area contributed by atoms with Crippen molar-refractivity contribution in [1.82, 2.24) is 4.90 Å². The van der Waals surface area contributed by atoms with Crippen LogP contribution < -0.4 is 15.2 Å². The van der Waals surface area contributed by atoms with Crippen LogP contribution in [-0.4, -0.2) is 51.1 Å². The van der Waals surface area contributed by atoms with E-state index in [1.807, 2.05) is 6.07 Å². The second-order valence-electron chi connectivity index (χ2n) is 5.48. The molecule has 2 heterocycles. The van der Waals surface area contributed by atoms with E-state index < -0.39 is 9.84 Å². The average Bonchev–Trinajstić information content (AvgIpc) is 2.61. The second-order valence-corrected chi connectivity index (χ2v) is 7.78. The average molecular weight is 312 g/mol. The molecule has 1 fully saturated rings. The van der Waals surface area contributed by atoms with E-state index in [0.717, 1.165) is 12.1 Å². The molecule has 1 saturated heterocycles. The molecule has 6 nitrogen and oxygen atoms in total. The Labute approximate surface area is 124 Å². The molecule has 116 valence electrons. The number of ether oxygens (including phenoxy) is 2. The monoisotopic (exact) mass is 312 g/mol. The summed E-state index contributed by atoms with van der Waals surface area (Å²) < 4.78 is 34.3. The first-order chi connectivity index (χ1) is 10.0. The highest BCUT2D eigenvalue weighted by Crippen LogP contribution is 2.34. The Kier molecular flexibility index (Phi) is 3.95. The maximum atomic E-state index is 11.6. The van der Waals surface area contributed by atoms with Gasteiger partial charge in [-0.2, -0.15) is 0 Å². The second kappa shape index (κ2) is 5.73. The highest BCUT2D eigenvalue weighted by Gasteiger charge is 2.21. The number of fused-ring (bicyclic) bond motifs is 1. The van der Waals surface area contributed by atoms with E-state index in [2.05, 4.69) is 4.90 Å². The number of nitrogens with zero attached hydrogens (tertiary/aromatic N) is 1. The summed E-state index contributed by atoms with van der Waals surface area (Å²) in [5, 5.41) is 0. The Morgan fingerprint density at radius 2 is 1.81 bits per heavy atom. The van der Waals surface area contributed by atoms with Gasteiger partial charge >= 0.3 is 0 Å². The largest absolute Gasteiger partial charge is 0.486 e. The predicted octanol–water partition coefficient (Wildman–Crippen LogP) is 0.661. The zero-order valence-electron chi connectivity index (χ0n) is 11.9. The summed E-state index contributed by atoms with van der Waals surface area (Å²) in [7, 11) is -2.89. The molecule has 0 saturated carbocycles. The van der Waals surface area contributed by atoms with Gasteiger partial charge in [0.15, 0.2) is 21.3 Å². The van der Waals surface area contributed by atoms with E-state index in [1.165, 1.54) is 0 Å². The first-order valence-electron chi connectivity index (χ1n) is 7.14. The van der Waals surface area contributed by atoms with Crippen LogP contribution in [0.1, 0.15) is 12.0 Å². The fraction of sp³-hybridized carbons (Fsp3) is 0.571. The van der Waals surface area contributed by atoms with Gasteiger partial charge in [0.05, 0.1) is 11.5 Å². The molecule has 7 heteroatoms. The summed E-state index contributed by atoms with van der Waals surface area (Å²) >= 11 is 0. The van der Waals surface area contributed by atoms with Crippen molar-refractivity contribution in [2.45, 2.75) is 13.0 Å². The summed E-state index contributed by atoms with van der Waals surface area (Å²) in [4.78, 5) is 2.13. The molecule has 0 aromatic heterocycles. The third-order valence-corrected chi connectivity index (χ3v) is 5.56. The van der Waals surface area contributed by atoms with Crippen LogP contribution in [0, 0.1) is 0 Å². The van der Waals surface area contributed by atoms with Crippen LogP contribution in [0.3, 0.4) is 0 Å². The molecule has 0 amide bonds. The zero-order chi connectivity index (χ0) is 14.9. The Balaban J connectivity index is 1.75. The number of rotatable bonds is 2. The molecule has 1 aromatic carbocycles. The summed E-state index contributed by atoms with van der Waals surface area (Å²) in [6, 6.07) is 3.70. The third-order valence-electron chi connectivity index (χ3n) is 3.85. The van der Waals surface area contributed by atoms with Gasteiger partial charge in [-0.25, -0.2) is 8.42 Å². The minimum absolute atomic E-state index is 0.220. The Bertz CT molecular complexity index is 630. The van der Waals surface area contributed by atoms with Crippen molar-refractivity contribution in [2.24, 2.45) is 0 Å². The summed E-state index contributed by atoms with van der Waals surface area (Å²) in [6.07, 6.45) is 0.673. The molecule has 0 atom stereocenters. The lowest BCUT2D eigenvalue weighted by molar-refractivity contribution is 0.171. The van der Waals surface area contributed by atoms with Gasteiger partial charge in [0.2, 0.25) is 0 Å². The molecule has 2 aliphatic rings. The summed E-state index contributed by atoms with van der Waals surface area (Å²) in [6.45, 7) is 3.04. The highest BCUT2D eigenvalue weighted by molar-refractivity contribution is 7.91. The summed E-state index contributed by atoms with van der Waals surface area (Å²) in [5.41, 5.74) is 7.69. The normalized spacial score (nSPS) is 21.7. The molecule has 0 radical (unpaired) electrons. The van der Waals surface area contributed by atoms with Crippen LogP contribution in [0.2, 0.25) is 0 Å². The molecular weight excluding hydrogens is 292 g/mol. The van der Waals surface area contributed by atoms with Crippen LogP contribution in [0.4, 0.5) is 5.69 Å². The predicted molar refractivity (Wildman–Crippen MR) is 80.4 cm³/mol. The molecule has 0 unspecified atom stereocenters. The molecule has 0 aliphatic carbocycles. The standard InChI is InChI=1S/C14H20N2O4S/c15-12-9-14-13(19-4-5-20-14)8-11(12)10-16-2-1-6-21(17,18)7-3-16/h8-9H,1-7,10,15H2. The number of hydrogen-bond acceptors (Lipinski definition) is 6. The highest BCUT2D eigenvalue weighted by atomic mass is 32.2. The molecule has 2 N–H and O–H groups in total. The van der Waals surface area contributed by atoms with Crippen LogP contribution in [0.15, 0.2) is 12.1 Å². The smallest absolute Gasteiger partial charge is 0.163 e. The SMILES string of the molecule is Nc1cc2c(cc1CN1CCCS(=O)(=O)CC1)OCCO2. The minimum Gasteiger partial charge on any atom is -0.486 e. The van der Waals surface area contributed by atoms with E-state index in [4.69, 9.17) is 15.2 Å². The van der Waals surface area contributed by atoms with Crippen molar-refractivity contribution in [3.63, 3.8) is 0 Å². The number of nitrogens with two attached hydrogens (primary N) is 1. The van der Waals surface area contributed by atoms with E-state index in [0.29, 0.717) is 49.9 Å². The fourth-order valence-corrected chi connectivity index (χ4v) is 3.98. The fourth-order valence-electron chi connectivity index (χ4n) is 2.67. The molecule has 21 heavy (non-hydrogen) atoms. The third kappa shape index (κ3) is 3.41. The lowest BCUT2D eigenvalue weighted by Crippen LogP contribution is -2.27. The van der Waals surface area contributed by atoms with Gasteiger partial charge in [-0.3, -0.25) is 4.90 Å². The number of sulfone groups is 1. The molecule has 2 aliphatic heterocycles. The first kappa shape index (κ1) is 14.5. The molecule has 3 rings (SSSR count). The zero-order valence-corrected chi connectivity index (χ0v) is 12.7. The maximum absolute atomic E-state index is 11.6. The summed E-state index contributed by atoms with van der Waals surface area (Å²) in [5.74, 6) is 1.89. The van der Waals surface area contributed by atoms with E-state index >= 15 is 0 Å². The van der Waals surface area contributed by atoms with Crippen molar-refractivity contribution < 1.29 is 17.9 Å². The molecule has 0 spiro atoms. The quantitative estimate of drug-likeness (QED) is 0.808.